The van der Waals surface area contributed by atoms with Crippen LogP contribution in [0.15, 0.2) is 12.1 Å². The first-order valence-corrected chi connectivity index (χ1v) is 7.11. The molecular formula is C15H19NO4. The number of carbonyl (C=O) groups excluding carboxylic acids is 1. The third-order valence-corrected chi connectivity index (χ3v) is 3.71. The van der Waals surface area contributed by atoms with Gasteiger partial charge in [0, 0.05) is 12.6 Å². The summed E-state index contributed by atoms with van der Waals surface area (Å²) in [6.45, 7) is 4.26. The highest BCUT2D eigenvalue weighted by Crippen LogP contribution is 2.37. The first-order valence-electron chi connectivity index (χ1n) is 7.11. The maximum atomic E-state index is 11.1. The van der Waals surface area contributed by atoms with Crippen molar-refractivity contribution in [3.63, 3.8) is 0 Å². The maximum absolute atomic E-state index is 11.1. The molecule has 0 aliphatic carbocycles. The number of ether oxygens (including phenoxy) is 3. The van der Waals surface area contributed by atoms with E-state index in [2.05, 4.69) is 4.90 Å². The molecule has 108 valence electrons. The Balaban J connectivity index is 1.55. The van der Waals surface area contributed by atoms with Crippen LogP contribution in [0.4, 0.5) is 0 Å². The fourth-order valence-electron chi connectivity index (χ4n) is 2.63. The number of benzene rings is 1. The van der Waals surface area contributed by atoms with E-state index in [1.54, 1.807) is 12.1 Å². The van der Waals surface area contributed by atoms with Gasteiger partial charge >= 0.3 is 0 Å². The van der Waals surface area contributed by atoms with Crippen molar-refractivity contribution in [2.75, 3.05) is 33.0 Å². The van der Waals surface area contributed by atoms with E-state index in [0.717, 1.165) is 19.3 Å². The van der Waals surface area contributed by atoms with Gasteiger partial charge in [-0.1, -0.05) is 0 Å². The van der Waals surface area contributed by atoms with Crippen molar-refractivity contribution in [3.8, 4) is 17.2 Å². The van der Waals surface area contributed by atoms with Gasteiger partial charge in [-0.2, -0.15) is 0 Å². The third-order valence-electron chi connectivity index (χ3n) is 3.71. The number of fused-ring (bicyclic) bond motifs is 1. The number of carbonyl (C=O) groups is 1. The van der Waals surface area contributed by atoms with Crippen LogP contribution in [0, 0.1) is 0 Å². The summed E-state index contributed by atoms with van der Waals surface area (Å²) in [6.07, 6.45) is 4.36. The Hall–Kier alpha value is -1.75. The van der Waals surface area contributed by atoms with Crippen LogP contribution < -0.4 is 14.2 Å². The van der Waals surface area contributed by atoms with Gasteiger partial charge in [0.15, 0.2) is 17.8 Å². The zero-order chi connectivity index (χ0) is 13.8. The fourth-order valence-corrected chi connectivity index (χ4v) is 2.63. The first kappa shape index (κ1) is 13.2. The Morgan fingerprint density at radius 3 is 2.70 bits per heavy atom. The Bertz CT molecular complexity index is 483. The van der Waals surface area contributed by atoms with Gasteiger partial charge in [-0.15, -0.1) is 0 Å². The molecule has 5 heteroatoms. The first-order chi connectivity index (χ1) is 9.86. The molecule has 0 spiro atoms. The molecule has 0 atom stereocenters. The summed E-state index contributed by atoms with van der Waals surface area (Å²) in [4.78, 5) is 13.5. The van der Waals surface area contributed by atoms with Crippen molar-refractivity contribution in [1.82, 2.24) is 4.90 Å². The number of aldehydes is 1. The van der Waals surface area contributed by atoms with Crippen LogP contribution in [0.2, 0.25) is 0 Å². The van der Waals surface area contributed by atoms with Crippen LogP contribution in [-0.4, -0.2) is 44.2 Å². The summed E-state index contributed by atoms with van der Waals surface area (Å²) in [5, 5.41) is 0. The molecule has 2 aliphatic heterocycles. The summed E-state index contributed by atoms with van der Waals surface area (Å²) in [7, 11) is 0. The van der Waals surface area contributed by atoms with E-state index in [4.69, 9.17) is 14.2 Å². The van der Waals surface area contributed by atoms with E-state index in [1.165, 1.54) is 25.9 Å². The van der Waals surface area contributed by atoms with E-state index in [0.29, 0.717) is 29.4 Å². The summed E-state index contributed by atoms with van der Waals surface area (Å²) >= 11 is 0. The zero-order valence-corrected chi connectivity index (χ0v) is 11.5. The lowest BCUT2D eigenvalue weighted by atomic mass is 10.2. The molecule has 0 saturated carbocycles. The van der Waals surface area contributed by atoms with Crippen LogP contribution >= 0.6 is 0 Å². The van der Waals surface area contributed by atoms with Crippen molar-refractivity contribution in [2.45, 2.75) is 19.3 Å². The highest BCUT2D eigenvalue weighted by Gasteiger charge is 2.18. The summed E-state index contributed by atoms with van der Waals surface area (Å²) < 4.78 is 16.3. The standard InChI is InChI=1S/C15H19NO4/c17-10-12-8-14-15(20-11-19-14)9-13(12)18-7-3-6-16-4-1-2-5-16/h8-10H,1-7,11H2. The Morgan fingerprint density at radius 1 is 1.20 bits per heavy atom. The lowest BCUT2D eigenvalue weighted by Gasteiger charge is -2.15. The largest absolute Gasteiger partial charge is 0.493 e. The van der Waals surface area contributed by atoms with Crippen LogP contribution in [0.25, 0.3) is 0 Å². The monoisotopic (exact) mass is 277 g/mol. The lowest BCUT2D eigenvalue weighted by molar-refractivity contribution is 0.111. The molecule has 1 aromatic carbocycles. The highest BCUT2D eigenvalue weighted by atomic mass is 16.7. The fraction of sp³-hybridized carbons (Fsp3) is 0.533. The minimum Gasteiger partial charge on any atom is -0.493 e. The quantitative estimate of drug-likeness (QED) is 0.588. The minimum atomic E-state index is 0.200. The summed E-state index contributed by atoms with van der Waals surface area (Å²) in [5.41, 5.74) is 0.510. The maximum Gasteiger partial charge on any atom is 0.231 e. The Labute approximate surface area is 118 Å². The second kappa shape index (κ2) is 6.13. The SMILES string of the molecule is O=Cc1cc2c(cc1OCCCN1CCCC1)OCO2. The Morgan fingerprint density at radius 2 is 1.95 bits per heavy atom. The van der Waals surface area contributed by atoms with Crippen LogP contribution in [0.1, 0.15) is 29.6 Å². The van der Waals surface area contributed by atoms with Crippen LogP contribution in [-0.2, 0) is 0 Å². The molecule has 0 bridgehead atoms. The lowest BCUT2D eigenvalue weighted by Crippen LogP contribution is -2.22. The van der Waals surface area contributed by atoms with E-state index >= 15 is 0 Å². The second-order valence-electron chi connectivity index (χ2n) is 5.11. The van der Waals surface area contributed by atoms with Crippen molar-refractivity contribution in [3.05, 3.63) is 17.7 Å². The smallest absolute Gasteiger partial charge is 0.231 e. The van der Waals surface area contributed by atoms with E-state index in [9.17, 15) is 4.79 Å². The molecule has 1 fully saturated rings. The normalized spacial score (nSPS) is 17.4. The molecular weight excluding hydrogens is 258 g/mol. The van der Waals surface area contributed by atoms with Gasteiger partial charge < -0.3 is 19.1 Å². The van der Waals surface area contributed by atoms with E-state index < -0.39 is 0 Å². The average Bonchev–Trinajstić information content (AvgIpc) is 3.13. The molecule has 0 N–H and O–H groups in total. The predicted molar refractivity (Wildman–Crippen MR) is 73.7 cm³/mol. The van der Waals surface area contributed by atoms with Crippen LogP contribution in [0.3, 0.4) is 0 Å². The van der Waals surface area contributed by atoms with Gasteiger partial charge in [0.2, 0.25) is 6.79 Å². The van der Waals surface area contributed by atoms with Gasteiger partial charge in [-0.3, -0.25) is 4.79 Å². The summed E-state index contributed by atoms with van der Waals surface area (Å²) in [6, 6.07) is 3.41. The number of rotatable bonds is 6. The topological polar surface area (TPSA) is 48.0 Å². The number of hydrogen-bond donors (Lipinski definition) is 0. The van der Waals surface area contributed by atoms with Crippen molar-refractivity contribution in [2.24, 2.45) is 0 Å². The third kappa shape index (κ3) is 2.88. The number of hydrogen-bond acceptors (Lipinski definition) is 5. The molecule has 5 nitrogen and oxygen atoms in total. The molecule has 0 amide bonds. The molecule has 20 heavy (non-hydrogen) atoms. The molecule has 2 heterocycles. The van der Waals surface area contributed by atoms with E-state index in [-0.39, 0.29) is 6.79 Å². The van der Waals surface area contributed by atoms with Crippen molar-refractivity contribution in [1.29, 1.82) is 0 Å². The predicted octanol–water partition coefficient (Wildman–Crippen LogP) is 2.09. The highest BCUT2D eigenvalue weighted by molar-refractivity contribution is 5.81. The van der Waals surface area contributed by atoms with Gasteiger partial charge in [0.05, 0.1) is 12.2 Å². The number of likely N-dealkylation sites (tertiary alicyclic amines) is 1. The zero-order valence-electron chi connectivity index (χ0n) is 11.5. The average molecular weight is 277 g/mol. The van der Waals surface area contributed by atoms with Gasteiger partial charge in [0.25, 0.3) is 0 Å². The molecule has 1 aromatic rings. The van der Waals surface area contributed by atoms with Crippen LogP contribution in [0.5, 0.6) is 17.2 Å². The minimum absolute atomic E-state index is 0.200. The molecule has 0 radical (unpaired) electrons. The molecule has 2 aliphatic rings. The molecule has 3 rings (SSSR count). The van der Waals surface area contributed by atoms with Gasteiger partial charge in [-0.25, -0.2) is 0 Å². The molecule has 0 unspecified atom stereocenters. The van der Waals surface area contributed by atoms with E-state index in [1.807, 2.05) is 0 Å². The van der Waals surface area contributed by atoms with Gasteiger partial charge in [0.1, 0.15) is 5.75 Å². The van der Waals surface area contributed by atoms with Crippen molar-refractivity contribution >= 4 is 6.29 Å². The number of nitrogens with zero attached hydrogens (tertiary/aromatic N) is 1. The van der Waals surface area contributed by atoms with Gasteiger partial charge in [-0.05, 0) is 38.4 Å². The summed E-state index contributed by atoms with van der Waals surface area (Å²) in [5.74, 6) is 1.83. The molecule has 0 aromatic heterocycles. The second-order valence-corrected chi connectivity index (χ2v) is 5.11. The Kier molecular flexibility index (Phi) is 4.06. The molecule has 1 saturated heterocycles. The van der Waals surface area contributed by atoms with Crippen molar-refractivity contribution < 1.29 is 19.0 Å².